The van der Waals surface area contributed by atoms with Crippen molar-refractivity contribution in [2.75, 3.05) is 0 Å². The number of aldehydes is 1. The minimum atomic E-state index is 0.883. The van der Waals surface area contributed by atoms with E-state index in [0.29, 0.717) is 0 Å². The van der Waals surface area contributed by atoms with E-state index in [-0.39, 0.29) is 0 Å². The Morgan fingerprint density at radius 1 is 0.762 bits per heavy atom. The zero-order valence-corrected chi connectivity index (χ0v) is 14.6. The van der Waals surface area contributed by atoms with Crippen molar-refractivity contribution in [1.82, 2.24) is 0 Å². The molecule has 0 heterocycles. The van der Waals surface area contributed by atoms with Crippen molar-refractivity contribution in [3.63, 3.8) is 0 Å². The molecule has 0 aromatic rings. The highest BCUT2D eigenvalue weighted by Crippen LogP contribution is 2.14. The number of unbranched alkanes of at least 4 members (excludes halogenated alkanes) is 8. The lowest BCUT2D eigenvalue weighted by molar-refractivity contribution is -0.104. The molecule has 0 saturated carbocycles. The number of allylic oxidation sites excluding steroid dienone is 4. The number of rotatable bonds is 14. The second kappa shape index (κ2) is 15.5. The molecule has 0 rings (SSSR count). The molecule has 0 spiro atoms. The maximum absolute atomic E-state index is 10.3. The van der Waals surface area contributed by atoms with Crippen molar-refractivity contribution in [2.45, 2.75) is 97.8 Å². The Kier molecular flexibility index (Phi) is 14.9. The Morgan fingerprint density at radius 3 is 1.90 bits per heavy atom. The van der Waals surface area contributed by atoms with Crippen LogP contribution in [0.1, 0.15) is 97.8 Å². The fourth-order valence-corrected chi connectivity index (χ4v) is 2.56. The van der Waals surface area contributed by atoms with E-state index in [9.17, 15) is 4.79 Å². The first kappa shape index (κ1) is 20.1. The van der Waals surface area contributed by atoms with Crippen LogP contribution in [0.15, 0.2) is 23.3 Å². The average molecular weight is 293 g/mol. The maximum Gasteiger partial charge on any atom is 0.142 e. The molecule has 0 aliphatic carbocycles. The molecule has 0 amide bonds. The molecule has 0 aliphatic heterocycles. The van der Waals surface area contributed by atoms with Crippen LogP contribution in [0.4, 0.5) is 0 Å². The lowest BCUT2D eigenvalue weighted by atomic mass is 10.0. The molecule has 21 heavy (non-hydrogen) atoms. The minimum Gasteiger partial charge on any atom is -0.299 e. The number of carbonyl (C=O) groups excluding carboxylic acids is 1. The summed E-state index contributed by atoms with van der Waals surface area (Å²) >= 11 is 0. The van der Waals surface area contributed by atoms with E-state index in [0.717, 1.165) is 19.1 Å². The second-order valence-electron chi connectivity index (χ2n) is 6.32. The third-order valence-electron chi connectivity index (χ3n) is 4.06. The van der Waals surface area contributed by atoms with Crippen molar-refractivity contribution in [3.8, 4) is 0 Å². The summed E-state index contributed by atoms with van der Waals surface area (Å²) in [6.07, 6.45) is 20.8. The van der Waals surface area contributed by atoms with Gasteiger partial charge in [-0.2, -0.15) is 0 Å². The second-order valence-corrected chi connectivity index (χ2v) is 6.32. The molecule has 0 aromatic heterocycles. The van der Waals surface area contributed by atoms with Gasteiger partial charge in [0.1, 0.15) is 6.29 Å². The van der Waals surface area contributed by atoms with E-state index in [1.165, 1.54) is 75.4 Å². The van der Waals surface area contributed by atoms with E-state index in [4.69, 9.17) is 0 Å². The lowest BCUT2D eigenvalue weighted by Gasteiger charge is -2.03. The standard InChI is InChI=1S/C20H36O/c1-4-5-6-7-8-9-10-11-12-14-19(2)15-13-16-20(3)17-18-21/h15,17-18H,4-14,16H2,1-3H3. The molecule has 0 unspecified atom stereocenters. The van der Waals surface area contributed by atoms with Crippen LogP contribution in [0.2, 0.25) is 0 Å². The Bertz CT molecular complexity index is 299. The van der Waals surface area contributed by atoms with Gasteiger partial charge in [-0.15, -0.1) is 0 Å². The summed E-state index contributed by atoms with van der Waals surface area (Å²) in [6, 6.07) is 0. The van der Waals surface area contributed by atoms with E-state index < -0.39 is 0 Å². The molecule has 0 atom stereocenters. The SMILES string of the molecule is CCCCCCCCCCCC(C)=CCCC(C)=CC=O. The van der Waals surface area contributed by atoms with Gasteiger partial charge in [0, 0.05) is 0 Å². The van der Waals surface area contributed by atoms with Gasteiger partial charge in [-0.25, -0.2) is 0 Å². The van der Waals surface area contributed by atoms with Crippen molar-refractivity contribution in [2.24, 2.45) is 0 Å². The summed E-state index contributed by atoms with van der Waals surface area (Å²) < 4.78 is 0. The van der Waals surface area contributed by atoms with Crippen LogP contribution < -0.4 is 0 Å². The number of hydrogen-bond acceptors (Lipinski definition) is 1. The minimum absolute atomic E-state index is 0.883. The molecule has 0 aromatic carbocycles. The van der Waals surface area contributed by atoms with Crippen molar-refractivity contribution in [3.05, 3.63) is 23.3 Å². The summed E-state index contributed by atoms with van der Waals surface area (Å²) in [5.74, 6) is 0. The first-order chi connectivity index (χ1) is 10.2. The highest BCUT2D eigenvalue weighted by Gasteiger charge is 1.94. The third kappa shape index (κ3) is 15.4. The average Bonchev–Trinajstić information content (AvgIpc) is 2.46. The van der Waals surface area contributed by atoms with Gasteiger partial charge in [-0.1, -0.05) is 75.5 Å². The molecule has 0 aliphatic rings. The third-order valence-corrected chi connectivity index (χ3v) is 4.06. The fraction of sp³-hybridized carbons (Fsp3) is 0.750. The summed E-state index contributed by atoms with van der Waals surface area (Å²) in [5.41, 5.74) is 2.69. The molecule has 0 fully saturated rings. The van der Waals surface area contributed by atoms with E-state index in [1.54, 1.807) is 6.08 Å². The molecule has 0 saturated heterocycles. The van der Waals surface area contributed by atoms with E-state index in [2.05, 4.69) is 19.9 Å². The Labute approximate surface area is 132 Å². The van der Waals surface area contributed by atoms with Crippen molar-refractivity contribution in [1.29, 1.82) is 0 Å². The first-order valence-electron chi connectivity index (χ1n) is 8.97. The van der Waals surface area contributed by atoms with Gasteiger partial charge in [-0.3, -0.25) is 4.79 Å². The normalized spacial score (nSPS) is 12.7. The highest BCUT2D eigenvalue weighted by atomic mass is 16.1. The molecule has 1 heteroatoms. The summed E-state index contributed by atoms with van der Waals surface area (Å²) in [6.45, 7) is 6.54. The lowest BCUT2D eigenvalue weighted by Crippen LogP contribution is -1.84. The highest BCUT2D eigenvalue weighted by molar-refractivity contribution is 5.65. The topological polar surface area (TPSA) is 17.1 Å². The predicted molar refractivity (Wildman–Crippen MR) is 94.7 cm³/mol. The van der Waals surface area contributed by atoms with Crippen LogP contribution in [0, 0.1) is 0 Å². The Morgan fingerprint density at radius 2 is 1.33 bits per heavy atom. The molecule has 122 valence electrons. The van der Waals surface area contributed by atoms with Crippen LogP contribution in [0.3, 0.4) is 0 Å². The zero-order valence-electron chi connectivity index (χ0n) is 14.6. The van der Waals surface area contributed by atoms with Gasteiger partial charge in [0.25, 0.3) is 0 Å². The van der Waals surface area contributed by atoms with Gasteiger partial charge in [-0.05, 0) is 45.6 Å². The number of hydrogen-bond donors (Lipinski definition) is 0. The van der Waals surface area contributed by atoms with Gasteiger partial charge < -0.3 is 0 Å². The van der Waals surface area contributed by atoms with Crippen molar-refractivity contribution < 1.29 is 4.79 Å². The first-order valence-corrected chi connectivity index (χ1v) is 8.97. The quantitative estimate of drug-likeness (QED) is 0.149. The van der Waals surface area contributed by atoms with Crippen molar-refractivity contribution >= 4 is 6.29 Å². The zero-order chi connectivity index (χ0) is 15.8. The molecular weight excluding hydrogens is 256 g/mol. The monoisotopic (exact) mass is 292 g/mol. The predicted octanol–water partition coefficient (Wildman–Crippen LogP) is 6.78. The van der Waals surface area contributed by atoms with Gasteiger partial charge in [0.15, 0.2) is 0 Å². The molecule has 0 radical (unpaired) electrons. The molecule has 0 bridgehead atoms. The van der Waals surface area contributed by atoms with Crippen LogP contribution in [-0.2, 0) is 4.79 Å². The van der Waals surface area contributed by atoms with E-state index in [1.807, 2.05) is 6.92 Å². The Balaban J connectivity index is 3.42. The largest absolute Gasteiger partial charge is 0.299 e. The van der Waals surface area contributed by atoms with E-state index >= 15 is 0 Å². The number of carbonyl (C=O) groups is 1. The summed E-state index contributed by atoms with van der Waals surface area (Å²) in [5, 5.41) is 0. The van der Waals surface area contributed by atoms with Gasteiger partial charge in [0.2, 0.25) is 0 Å². The smallest absolute Gasteiger partial charge is 0.142 e. The molecule has 1 nitrogen and oxygen atoms in total. The maximum atomic E-state index is 10.3. The summed E-state index contributed by atoms with van der Waals surface area (Å²) in [4.78, 5) is 10.3. The fourth-order valence-electron chi connectivity index (χ4n) is 2.56. The van der Waals surface area contributed by atoms with Crippen LogP contribution >= 0.6 is 0 Å². The van der Waals surface area contributed by atoms with Crippen LogP contribution in [0.25, 0.3) is 0 Å². The van der Waals surface area contributed by atoms with Crippen LogP contribution in [0.5, 0.6) is 0 Å². The molecular formula is C20H36O. The molecule has 0 N–H and O–H groups in total. The summed E-state index contributed by atoms with van der Waals surface area (Å²) in [7, 11) is 0. The van der Waals surface area contributed by atoms with Crippen LogP contribution in [-0.4, -0.2) is 6.29 Å². The van der Waals surface area contributed by atoms with Gasteiger partial charge in [0.05, 0.1) is 0 Å². The van der Waals surface area contributed by atoms with Gasteiger partial charge >= 0.3 is 0 Å². The Hall–Kier alpha value is -0.850.